The van der Waals surface area contributed by atoms with E-state index in [1.54, 1.807) is 6.07 Å². The van der Waals surface area contributed by atoms with Crippen molar-refractivity contribution in [2.75, 3.05) is 6.54 Å². The Balaban J connectivity index is 1.22. The summed E-state index contributed by atoms with van der Waals surface area (Å²) in [5, 5.41) is 18.6. The van der Waals surface area contributed by atoms with Gasteiger partial charge in [0.15, 0.2) is 5.82 Å². The first-order chi connectivity index (χ1) is 18.9. The quantitative estimate of drug-likeness (QED) is 0.259. The van der Waals surface area contributed by atoms with Gasteiger partial charge in [0.1, 0.15) is 11.4 Å². The first-order valence-corrected chi connectivity index (χ1v) is 13.4. The summed E-state index contributed by atoms with van der Waals surface area (Å²) in [6, 6.07) is 19.2. The molecule has 8 heteroatoms. The van der Waals surface area contributed by atoms with Crippen molar-refractivity contribution in [2.45, 2.75) is 45.7 Å². The largest absolute Gasteiger partial charge is 0.508 e. The standard InChI is InChI=1S/C31H32N6O2/c1-3-19-14-22(38)9-11-23(19)21-8-10-24-27(16-21)35-36-29(24)30-33-26-12-13-37(17-28(26)34-30)31(39)25(32)15-20-7-5-4-6-18(20)2/h4-11,14,16,25,38H,3,12-13,15,17,32H2,1-2H3,(H,33,34)(H,35,36)/t25-/m0/s1. The summed E-state index contributed by atoms with van der Waals surface area (Å²) < 4.78 is 0. The lowest BCUT2D eigenvalue weighted by Crippen LogP contribution is -2.46. The lowest BCUT2D eigenvalue weighted by Gasteiger charge is -2.28. The molecule has 3 heterocycles. The number of amides is 1. The molecule has 2 aromatic heterocycles. The SMILES string of the molecule is CCc1cc(O)ccc1-c1ccc2c(-c3nc4c([nH]3)CN(C(=O)[C@@H](N)Cc3ccccc3C)CC4)n[nH]c2c1. The molecule has 3 aromatic carbocycles. The Morgan fingerprint density at radius 1 is 1.13 bits per heavy atom. The maximum Gasteiger partial charge on any atom is 0.240 e. The maximum absolute atomic E-state index is 13.2. The van der Waals surface area contributed by atoms with Crippen molar-refractivity contribution in [2.24, 2.45) is 5.73 Å². The van der Waals surface area contributed by atoms with Crippen molar-refractivity contribution in [3.63, 3.8) is 0 Å². The summed E-state index contributed by atoms with van der Waals surface area (Å²) in [6.45, 7) is 5.17. The highest BCUT2D eigenvalue weighted by Gasteiger charge is 2.28. The smallest absolute Gasteiger partial charge is 0.240 e. The van der Waals surface area contributed by atoms with E-state index >= 15 is 0 Å². The number of aromatic nitrogens is 4. The number of phenolic OH excluding ortho intramolecular Hbond substituents is 1. The molecule has 198 valence electrons. The minimum absolute atomic E-state index is 0.0431. The average molecular weight is 521 g/mol. The Morgan fingerprint density at radius 3 is 2.79 bits per heavy atom. The fraction of sp³-hybridized carbons (Fsp3) is 0.258. The number of hydrogen-bond acceptors (Lipinski definition) is 5. The van der Waals surface area contributed by atoms with Gasteiger partial charge in [0.25, 0.3) is 0 Å². The predicted molar refractivity (Wildman–Crippen MR) is 152 cm³/mol. The van der Waals surface area contributed by atoms with Crippen LogP contribution in [0, 0.1) is 6.92 Å². The number of imidazole rings is 1. The number of nitrogens with one attached hydrogen (secondary N) is 2. The summed E-state index contributed by atoms with van der Waals surface area (Å²) >= 11 is 0. The van der Waals surface area contributed by atoms with Gasteiger partial charge < -0.3 is 20.7 Å². The van der Waals surface area contributed by atoms with E-state index in [0.29, 0.717) is 31.8 Å². The minimum Gasteiger partial charge on any atom is -0.508 e. The van der Waals surface area contributed by atoms with Crippen molar-refractivity contribution in [3.8, 4) is 28.4 Å². The van der Waals surface area contributed by atoms with Gasteiger partial charge in [-0.25, -0.2) is 4.98 Å². The Bertz CT molecular complexity index is 1680. The van der Waals surface area contributed by atoms with Crippen LogP contribution in [0.25, 0.3) is 33.5 Å². The van der Waals surface area contributed by atoms with Gasteiger partial charge in [0.2, 0.25) is 5.91 Å². The van der Waals surface area contributed by atoms with Crippen LogP contribution in [0.4, 0.5) is 0 Å². The molecule has 5 N–H and O–H groups in total. The molecule has 0 saturated heterocycles. The molecule has 5 aromatic rings. The Kier molecular flexibility index (Phi) is 6.40. The summed E-state index contributed by atoms with van der Waals surface area (Å²) in [7, 11) is 0. The summed E-state index contributed by atoms with van der Waals surface area (Å²) in [6.07, 6.45) is 2.01. The molecule has 0 radical (unpaired) electrons. The molecule has 1 amide bonds. The number of nitrogens with two attached hydrogens (primary N) is 1. The Hall–Kier alpha value is -4.43. The van der Waals surface area contributed by atoms with Gasteiger partial charge >= 0.3 is 0 Å². The van der Waals surface area contributed by atoms with Crippen LogP contribution in [0.2, 0.25) is 0 Å². The molecule has 0 bridgehead atoms. The number of hydrogen-bond donors (Lipinski definition) is 4. The number of benzene rings is 3. The molecule has 0 unspecified atom stereocenters. The Labute approximate surface area is 226 Å². The van der Waals surface area contributed by atoms with Crippen molar-refractivity contribution in [1.82, 2.24) is 25.1 Å². The van der Waals surface area contributed by atoms with Crippen molar-refractivity contribution in [1.29, 1.82) is 0 Å². The average Bonchev–Trinajstić information content (AvgIpc) is 3.56. The highest BCUT2D eigenvalue weighted by Crippen LogP contribution is 2.33. The van der Waals surface area contributed by atoms with Gasteiger partial charge in [-0.05, 0) is 71.8 Å². The predicted octanol–water partition coefficient (Wildman–Crippen LogP) is 4.65. The molecule has 0 fully saturated rings. The number of rotatable bonds is 6. The molecule has 1 aliphatic heterocycles. The maximum atomic E-state index is 13.2. The van der Waals surface area contributed by atoms with E-state index in [1.807, 2.05) is 48.2 Å². The molecule has 8 nitrogen and oxygen atoms in total. The zero-order chi connectivity index (χ0) is 27.1. The zero-order valence-electron chi connectivity index (χ0n) is 22.2. The molecule has 0 saturated carbocycles. The van der Waals surface area contributed by atoms with Gasteiger partial charge in [-0.1, -0.05) is 43.3 Å². The molecular formula is C31H32N6O2. The molecule has 1 aliphatic rings. The van der Waals surface area contributed by atoms with Crippen molar-refractivity contribution in [3.05, 3.63) is 88.7 Å². The zero-order valence-corrected chi connectivity index (χ0v) is 22.2. The van der Waals surface area contributed by atoms with Gasteiger partial charge in [0.05, 0.1) is 29.5 Å². The number of H-pyrrole nitrogens is 2. The molecule has 0 aliphatic carbocycles. The van der Waals surface area contributed by atoms with E-state index < -0.39 is 6.04 Å². The number of carbonyl (C=O) groups excluding carboxylic acids is 1. The summed E-state index contributed by atoms with van der Waals surface area (Å²) in [4.78, 5) is 23.3. The number of aromatic hydroxyl groups is 1. The second-order valence-corrected chi connectivity index (χ2v) is 10.3. The van der Waals surface area contributed by atoms with Crippen LogP contribution < -0.4 is 5.73 Å². The third kappa shape index (κ3) is 4.68. The van der Waals surface area contributed by atoms with Crippen LogP contribution >= 0.6 is 0 Å². The van der Waals surface area contributed by atoms with E-state index in [1.165, 1.54) is 0 Å². The molecule has 6 rings (SSSR count). The van der Waals surface area contributed by atoms with Crippen LogP contribution in [0.5, 0.6) is 5.75 Å². The fourth-order valence-corrected chi connectivity index (χ4v) is 5.51. The monoisotopic (exact) mass is 520 g/mol. The van der Waals surface area contributed by atoms with Gasteiger partial charge in [-0.2, -0.15) is 5.10 Å². The normalized spacial score (nSPS) is 14.0. The molecule has 1 atom stereocenters. The number of aryl methyl sites for hydroxylation is 2. The van der Waals surface area contributed by atoms with Crippen LogP contribution in [-0.2, 0) is 30.6 Å². The Morgan fingerprint density at radius 2 is 1.97 bits per heavy atom. The number of fused-ring (bicyclic) bond motifs is 2. The second kappa shape index (κ2) is 10.0. The number of aromatic amines is 2. The lowest BCUT2D eigenvalue weighted by atomic mass is 9.97. The third-order valence-electron chi connectivity index (χ3n) is 7.73. The van der Waals surface area contributed by atoms with Crippen molar-refractivity contribution < 1.29 is 9.90 Å². The van der Waals surface area contributed by atoms with Crippen molar-refractivity contribution >= 4 is 16.8 Å². The summed E-state index contributed by atoms with van der Waals surface area (Å²) in [5.74, 6) is 0.922. The van der Waals surface area contributed by atoms with Crippen LogP contribution in [0.3, 0.4) is 0 Å². The summed E-state index contributed by atoms with van der Waals surface area (Å²) in [5.41, 5.74) is 15.4. The minimum atomic E-state index is -0.582. The van der Waals surface area contributed by atoms with Gasteiger partial charge in [0, 0.05) is 18.4 Å². The van der Waals surface area contributed by atoms with E-state index in [2.05, 4.69) is 40.3 Å². The number of carbonyl (C=O) groups is 1. The lowest BCUT2D eigenvalue weighted by molar-refractivity contribution is -0.133. The number of nitrogens with zero attached hydrogens (tertiary/aromatic N) is 3. The third-order valence-corrected chi connectivity index (χ3v) is 7.73. The highest BCUT2D eigenvalue weighted by atomic mass is 16.3. The van der Waals surface area contributed by atoms with E-state index in [4.69, 9.17) is 10.7 Å². The molecule has 0 spiro atoms. The molecule has 39 heavy (non-hydrogen) atoms. The second-order valence-electron chi connectivity index (χ2n) is 10.3. The fourth-order valence-electron chi connectivity index (χ4n) is 5.51. The van der Waals surface area contributed by atoms with E-state index in [0.717, 1.165) is 62.2 Å². The first-order valence-electron chi connectivity index (χ1n) is 13.4. The van der Waals surface area contributed by atoms with Gasteiger partial charge in [-0.15, -0.1) is 0 Å². The van der Waals surface area contributed by atoms with Crippen LogP contribution in [0.15, 0.2) is 60.7 Å². The van der Waals surface area contributed by atoms with Crippen LogP contribution in [0.1, 0.15) is 35.0 Å². The van der Waals surface area contributed by atoms with E-state index in [9.17, 15) is 9.90 Å². The van der Waals surface area contributed by atoms with Crippen LogP contribution in [-0.4, -0.2) is 48.7 Å². The van der Waals surface area contributed by atoms with E-state index in [-0.39, 0.29) is 11.7 Å². The molecular weight excluding hydrogens is 488 g/mol. The topological polar surface area (TPSA) is 124 Å². The van der Waals surface area contributed by atoms with Gasteiger partial charge in [-0.3, -0.25) is 9.89 Å². The first kappa shape index (κ1) is 24.9. The highest BCUT2D eigenvalue weighted by molar-refractivity contribution is 5.94. The number of phenols is 1.